The predicted octanol–water partition coefficient (Wildman–Crippen LogP) is 3.28. The molecule has 0 fully saturated rings. The molecule has 0 aliphatic heterocycles. The molecule has 1 rings (SSSR count). The Labute approximate surface area is 112 Å². The van der Waals surface area contributed by atoms with Gasteiger partial charge in [-0.3, -0.25) is 4.79 Å². The van der Waals surface area contributed by atoms with Crippen molar-refractivity contribution in [1.82, 2.24) is 0 Å². The number of ketones is 1. The van der Waals surface area contributed by atoms with Crippen LogP contribution >= 0.6 is 15.9 Å². The van der Waals surface area contributed by atoms with Gasteiger partial charge in [0.1, 0.15) is 5.78 Å². The van der Waals surface area contributed by atoms with Gasteiger partial charge in [-0.25, -0.2) is 0 Å². The van der Waals surface area contributed by atoms with Crippen LogP contribution in [0.4, 0.5) is 0 Å². The van der Waals surface area contributed by atoms with Gasteiger partial charge in [0.2, 0.25) is 0 Å². The molecule has 94 valence electrons. The smallest absolute Gasteiger partial charge is 0.145 e. The molecular weight excluding hydrogens is 278 g/mol. The molecule has 1 unspecified atom stereocenters. The summed E-state index contributed by atoms with van der Waals surface area (Å²) in [6, 6.07) is 7.94. The van der Waals surface area contributed by atoms with Gasteiger partial charge in [-0.15, -0.1) is 0 Å². The minimum atomic E-state index is -0.469. The van der Waals surface area contributed by atoms with Gasteiger partial charge >= 0.3 is 0 Å². The number of hydrogen-bond acceptors (Lipinski definition) is 2. The fourth-order valence-electron chi connectivity index (χ4n) is 2.15. The van der Waals surface area contributed by atoms with Crippen LogP contribution in [0.5, 0.6) is 0 Å². The number of nitrogens with two attached hydrogens (primary N) is 1. The lowest BCUT2D eigenvalue weighted by molar-refractivity contribution is -0.127. The van der Waals surface area contributed by atoms with E-state index in [-0.39, 0.29) is 11.7 Å². The Kier molecular flexibility index (Phi) is 4.90. The molecule has 17 heavy (non-hydrogen) atoms. The highest BCUT2D eigenvalue weighted by Gasteiger charge is 2.35. The van der Waals surface area contributed by atoms with Gasteiger partial charge in [0, 0.05) is 10.4 Å². The van der Waals surface area contributed by atoms with Crippen LogP contribution in [0.2, 0.25) is 0 Å². The largest absolute Gasteiger partial charge is 0.330 e. The molecular formula is C14H20BrNO. The van der Waals surface area contributed by atoms with Crippen LogP contribution in [0.25, 0.3) is 0 Å². The van der Waals surface area contributed by atoms with Crippen molar-refractivity contribution in [3.05, 3.63) is 34.3 Å². The van der Waals surface area contributed by atoms with Crippen molar-refractivity contribution in [3.63, 3.8) is 0 Å². The van der Waals surface area contributed by atoms with Crippen molar-refractivity contribution < 1.29 is 4.79 Å². The summed E-state index contributed by atoms with van der Waals surface area (Å²) in [6.07, 6.45) is 0.686. The summed E-state index contributed by atoms with van der Waals surface area (Å²) in [4.78, 5) is 12.4. The first-order chi connectivity index (χ1) is 7.91. The molecule has 0 bridgehead atoms. The van der Waals surface area contributed by atoms with Crippen LogP contribution in [0, 0.1) is 5.92 Å². The van der Waals surface area contributed by atoms with Gasteiger partial charge in [0.05, 0.1) is 5.41 Å². The van der Waals surface area contributed by atoms with Crippen molar-refractivity contribution >= 4 is 21.7 Å². The van der Waals surface area contributed by atoms with E-state index in [0.717, 1.165) is 10.0 Å². The molecule has 0 heterocycles. The lowest BCUT2D eigenvalue weighted by atomic mass is 9.72. The van der Waals surface area contributed by atoms with Crippen molar-refractivity contribution in [1.29, 1.82) is 0 Å². The number of hydrogen-bond donors (Lipinski definition) is 1. The van der Waals surface area contributed by atoms with E-state index in [1.54, 1.807) is 0 Å². The van der Waals surface area contributed by atoms with E-state index in [9.17, 15) is 4.79 Å². The number of Topliss-reactive ketones (excluding diaryl/α,β-unsaturated/α-hetero) is 1. The summed E-state index contributed by atoms with van der Waals surface area (Å²) in [5, 5.41) is 0. The third-order valence-electron chi connectivity index (χ3n) is 3.19. The summed E-state index contributed by atoms with van der Waals surface area (Å²) in [5.74, 6) is 0.278. The fourth-order valence-corrected chi connectivity index (χ4v) is 2.42. The normalized spacial score (nSPS) is 14.7. The number of carbonyl (C=O) groups excluding carboxylic acids is 1. The standard InChI is InChI=1S/C14H20BrNO/c1-10(2)13(17)14(3,8-9-16)11-4-6-12(15)7-5-11/h4-7,10H,8-9,16H2,1-3H3. The molecule has 3 heteroatoms. The van der Waals surface area contributed by atoms with E-state index in [1.165, 1.54) is 0 Å². The second-order valence-electron chi connectivity index (χ2n) is 4.90. The number of carbonyl (C=O) groups is 1. The zero-order valence-electron chi connectivity index (χ0n) is 10.7. The van der Waals surface area contributed by atoms with Crippen molar-refractivity contribution in [2.24, 2.45) is 11.7 Å². The molecule has 0 radical (unpaired) electrons. The average molecular weight is 298 g/mol. The monoisotopic (exact) mass is 297 g/mol. The molecule has 0 aliphatic rings. The Bertz CT molecular complexity index is 386. The van der Waals surface area contributed by atoms with Crippen LogP contribution in [0.15, 0.2) is 28.7 Å². The molecule has 1 aromatic rings. The van der Waals surface area contributed by atoms with Crippen LogP contribution in [0.1, 0.15) is 32.8 Å². The topological polar surface area (TPSA) is 43.1 Å². The summed E-state index contributed by atoms with van der Waals surface area (Å²) in [6.45, 7) is 6.39. The van der Waals surface area contributed by atoms with Crippen molar-refractivity contribution in [2.45, 2.75) is 32.6 Å². The lowest BCUT2D eigenvalue weighted by Crippen LogP contribution is -2.37. The molecule has 0 amide bonds. The van der Waals surface area contributed by atoms with Crippen LogP contribution < -0.4 is 5.73 Å². The maximum Gasteiger partial charge on any atom is 0.145 e. The lowest BCUT2D eigenvalue weighted by Gasteiger charge is -2.30. The van der Waals surface area contributed by atoms with Gasteiger partial charge in [0.15, 0.2) is 0 Å². The highest BCUT2D eigenvalue weighted by atomic mass is 79.9. The minimum absolute atomic E-state index is 0.0233. The second kappa shape index (κ2) is 5.78. The highest BCUT2D eigenvalue weighted by molar-refractivity contribution is 9.10. The Balaban J connectivity index is 3.15. The second-order valence-corrected chi connectivity index (χ2v) is 5.81. The maximum atomic E-state index is 12.4. The predicted molar refractivity (Wildman–Crippen MR) is 75.0 cm³/mol. The van der Waals surface area contributed by atoms with Crippen molar-refractivity contribution in [3.8, 4) is 0 Å². The SMILES string of the molecule is CC(C)C(=O)C(C)(CCN)c1ccc(Br)cc1. The molecule has 0 saturated heterocycles. The van der Waals surface area contributed by atoms with Gasteiger partial charge in [-0.05, 0) is 37.6 Å². The van der Waals surface area contributed by atoms with Gasteiger partial charge in [0.25, 0.3) is 0 Å². The summed E-state index contributed by atoms with van der Waals surface area (Å²) < 4.78 is 1.02. The number of rotatable bonds is 5. The maximum absolute atomic E-state index is 12.4. The Morgan fingerprint density at radius 3 is 2.29 bits per heavy atom. The van der Waals surface area contributed by atoms with Gasteiger partial charge in [-0.2, -0.15) is 0 Å². The van der Waals surface area contributed by atoms with Crippen LogP contribution in [-0.2, 0) is 10.2 Å². The molecule has 1 aromatic carbocycles. The van der Waals surface area contributed by atoms with E-state index in [0.29, 0.717) is 13.0 Å². The van der Waals surface area contributed by atoms with E-state index in [2.05, 4.69) is 15.9 Å². The third-order valence-corrected chi connectivity index (χ3v) is 3.72. The average Bonchev–Trinajstić information content (AvgIpc) is 2.28. The Morgan fingerprint density at radius 2 is 1.88 bits per heavy atom. The highest BCUT2D eigenvalue weighted by Crippen LogP contribution is 2.31. The molecule has 0 aliphatic carbocycles. The summed E-state index contributed by atoms with van der Waals surface area (Å²) in [7, 11) is 0. The minimum Gasteiger partial charge on any atom is -0.330 e. The zero-order valence-corrected chi connectivity index (χ0v) is 12.3. The van der Waals surface area contributed by atoms with Gasteiger partial charge < -0.3 is 5.73 Å². The fraction of sp³-hybridized carbons (Fsp3) is 0.500. The first kappa shape index (κ1) is 14.4. The third kappa shape index (κ3) is 3.17. The number of halogens is 1. The van der Waals surface area contributed by atoms with E-state index in [4.69, 9.17) is 5.73 Å². The molecule has 1 atom stereocenters. The first-order valence-electron chi connectivity index (χ1n) is 5.92. The van der Waals surface area contributed by atoms with E-state index >= 15 is 0 Å². The van der Waals surface area contributed by atoms with Crippen LogP contribution in [-0.4, -0.2) is 12.3 Å². The Morgan fingerprint density at radius 1 is 1.35 bits per heavy atom. The quantitative estimate of drug-likeness (QED) is 0.906. The molecule has 0 aromatic heterocycles. The molecule has 2 N–H and O–H groups in total. The summed E-state index contributed by atoms with van der Waals surface area (Å²) in [5.41, 5.74) is 6.24. The van der Waals surface area contributed by atoms with Crippen LogP contribution in [0.3, 0.4) is 0 Å². The van der Waals surface area contributed by atoms with E-state index in [1.807, 2.05) is 45.0 Å². The van der Waals surface area contributed by atoms with E-state index < -0.39 is 5.41 Å². The molecule has 2 nitrogen and oxygen atoms in total. The molecule has 0 saturated carbocycles. The molecule has 0 spiro atoms. The van der Waals surface area contributed by atoms with Crippen molar-refractivity contribution in [2.75, 3.05) is 6.54 Å². The summed E-state index contributed by atoms with van der Waals surface area (Å²) >= 11 is 3.41. The number of benzene rings is 1. The first-order valence-corrected chi connectivity index (χ1v) is 6.71. The zero-order chi connectivity index (χ0) is 13.1. The van der Waals surface area contributed by atoms with Gasteiger partial charge in [-0.1, -0.05) is 41.9 Å². The Hall–Kier alpha value is -0.670.